The second kappa shape index (κ2) is 5.74. The Kier molecular flexibility index (Phi) is 3.47. The highest BCUT2D eigenvalue weighted by atomic mass is 16.5. The summed E-state index contributed by atoms with van der Waals surface area (Å²) in [5.41, 5.74) is 4.64. The van der Waals surface area contributed by atoms with Crippen molar-refractivity contribution in [1.82, 2.24) is 9.80 Å². The van der Waals surface area contributed by atoms with E-state index in [2.05, 4.69) is 23.1 Å². The van der Waals surface area contributed by atoms with Crippen LogP contribution in [0.25, 0.3) is 0 Å². The fourth-order valence-electron chi connectivity index (χ4n) is 4.86. The van der Waals surface area contributed by atoms with E-state index in [4.69, 9.17) is 9.47 Å². The van der Waals surface area contributed by atoms with Crippen molar-refractivity contribution < 1.29 is 14.3 Å². The van der Waals surface area contributed by atoms with Gasteiger partial charge in [-0.05, 0) is 42.2 Å². The van der Waals surface area contributed by atoms with Gasteiger partial charge in [0.25, 0.3) is 5.91 Å². The lowest BCUT2D eigenvalue weighted by atomic mass is 9.87. The molecule has 3 aliphatic rings. The summed E-state index contributed by atoms with van der Waals surface area (Å²) < 4.78 is 11.0. The van der Waals surface area contributed by atoms with Crippen molar-refractivity contribution >= 4 is 5.91 Å². The average Bonchev–Trinajstić information content (AvgIpc) is 2.99. The van der Waals surface area contributed by atoms with Crippen LogP contribution in [0.4, 0.5) is 0 Å². The summed E-state index contributed by atoms with van der Waals surface area (Å²) in [4.78, 5) is 17.3. The predicted octanol–water partition coefficient (Wildman–Crippen LogP) is 3.16. The molecule has 2 aromatic carbocycles. The van der Waals surface area contributed by atoms with Gasteiger partial charge < -0.3 is 14.4 Å². The Bertz CT molecular complexity index is 895. The van der Waals surface area contributed by atoms with Gasteiger partial charge >= 0.3 is 0 Å². The van der Waals surface area contributed by atoms with Crippen LogP contribution in [0.2, 0.25) is 0 Å². The summed E-state index contributed by atoms with van der Waals surface area (Å²) in [7, 11) is 3.36. The molecule has 0 aromatic heterocycles. The van der Waals surface area contributed by atoms with Crippen LogP contribution in [0.15, 0.2) is 36.4 Å². The predicted molar refractivity (Wildman–Crippen MR) is 97.5 cm³/mol. The van der Waals surface area contributed by atoms with Crippen LogP contribution in [0.1, 0.15) is 45.7 Å². The van der Waals surface area contributed by atoms with Crippen molar-refractivity contribution in [2.45, 2.75) is 25.0 Å². The summed E-state index contributed by atoms with van der Waals surface area (Å²) in [5.74, 6) is 1.74. The fourth-order valence-corrected chi connectivity index (χ4v) is 4.86. The summed E-state index contributed by atoms with van der Waals surface area (Å²) in [6.07, 6.45) is 1.95. The minimum absolute atomic E-state index is 0.0543. The maximum atomic E-state index is 12.8. The number of hydrogen-bond acceptors (Lipinski definition) is 4. The standard InChI is InChI=1S/C21H22N2O3/c1-25-18-11-13-7-9-22-17(16(13)12-19(18)26-2)8-10-23-20(22)14-5-3-4-6-15(14)21(23)24/h3-6,11-12,17,20H,7-10H2,1-2H3/t17-,20+/m0/s1. The van der Waals surface area contributed by atoms with E-state index >= 15 is 0 Å². The number of ether oxygens (including phenoxy) is 2. The maximum absolute atomic E-state index is 12.8. The first-order valence-electron chi connectivity index (χ1n) is 9.13. The van der Waals surface area contributed by atoms with Crippen LogP contribution in [0, 0.1) is 0 Å². The summed E-state index contributed by atoms with van der Waals surface area (Å²) in [5, 5.41) is 0. The highest BCUT2D eigenvalue weighted by Crippen LogP contribution is 2.49. The van der Waals surface area contributed by atoms with Gasteiger partial charge in [0.1, 0.15) is 6.17 Å². The number of rotatable bonds is 2. The summed E-state index contributed by atoms with van der Waals surface area (Å²) in [6, 6.07) is 12.6. The molecule has 5 heteroatoms. The van der Waals surface area contributed by atoms with E-state index in [1.807, 2.05) is 23.1 Å². The zero-order valence-corrected chi connectivity index (χ0v) is 15.1. The van der Waals surface area contributed by atoms with Crippen LogP contribution < -0.4 is 9.47 Å². The first kappa shape index (κ1) is 15.7. The van der Waals surface area contributed by atoms with Gasteiger partial charge in [-0.15, -0.1) is 0 Å². The lowest BCUT2D eigenvalue weighted by molar-refractivity contribution is -0.0205. The molecule has 5 rings (SSSR count). The van der Waals surface area contributed by atoms with E-state index in [1.165, 1.54) is 11.1 Å². The minimum Gasteiger partial charge on any atom is -0.493 e. The Morgan fingerprint density at radius 3 is 2.58 bits per heavy atom. The maximum Gasteiger partial charge on any atom is 0.255 e. The molecule has 0 saturated carbocycles. The van der Waals surface area contributed by atoms with Crippen LogP contribution >= 0.6 is 0 Å². The molecule has 0 N–H and O–H groups in total. The molecular formula is C21H22N2O3. The summed E-state index contributed by atoms with van der Waals surface area (Å²) in [6.45, 7) is 1.73. The lowest BCUT2D eigenvalue weighted by Crippen LogP contribution is -2.50. The molecule has 0 radical (unpaired) electrons. The molecule has 1 fully saturated rings. The first-order valence-corrected chi connectivity index (χ1v) is 9.13. The molecule has 3 heterocycles. The minimum atomic E-state index is 0.0543. The Balaban J connectivity index is 1.59. The smallest absolute Gasteiger partial charge is 0.255 e. The molecule has 0 aliphatic carbocycles. The molecule has 0 bridgehead atoms. The van der Waals surface area contributed by atoms with Gasteiger partial charge in [0.15, 0.2) is 11.5 Å². The van der Waals surface area contributed by atoms with Gasteiger partial charge in [-0.3, -0.25) is 9.69 Å². The van der Waals surface area contributed by atoms with Gasteiger partial charge in [0.2, 0.25) is 0 Å². The molecule has 26 heavy (non-hydrogen) atoms. The van der Waals surface area contributed by atoms with E-state index in [0.29, 0.717) is 6.04 Å². The second-order valence-corrected chi connectivity index (χ2v) is 7.16. The van der Waals surface area contributed by atoms with Crippen LogP contribution in [0.5, 0.6) is 11.5 Å². The number of hydrogen-bond donors (Lipinski definition) is 0. The average molecular weight is 350 g/mol. The van der Waals surface area contributed by atoms with E-state index in [0.717, 1.165) is 48.6 Å². The van der Waals surface area contributed by atoms with Crippen LogP contribution in [-0.4, -0.2) is 43.0 Å². The Labute approximate surface area is 153 Å². The van der Waals surface area contributed by atoms with E-state index in [-0.39, 0.29) is 12.1 Å². The zero-order valence-electron chi connectivity index (χ0n) is 15.1. The number of fused-ring (bicyclic) bond motifs is 7. The number of benzene rings is 2. The summed E-state index contributed by atoms with van der Waals surface area (Å²) >= 11 is 0. The number of methoxy groups -OCH3 is 2. The highest BCUT2D eigenvalue weighted by molar-refractivity contribution is 5.99. The van der Waals surface area contributed by atoms with Crippen LogP contribution in [-0.2, 0) is 6.42 Å². The molecule has 0 spiro atoms. The number of carbonyl (C=O) groups excluding carboxylic acids is 1. The molecule has 1 saturated heterocycles. The van der Waals surface area contributed by atoms with Crippen molar-refractivity contribution in [2.75, 3.05) is 27.3 Å². The topological polar surface area (TPSA) is 42.0 Å². The Morgan fingerprint density at radius 2 is 1.77 bits per heavy atom. The normalized spacial score (nSPS) is 23.8. The Morgan fingerprint density at radius 1 is 1.00 bits per heavy atom. The van der Waals surface area contributed by atoms with E-state index in [9.17, 15) is 4.79 Å². The van der Waals surface area contributed by atoms with Gasteiger partial charge in [-0.2, -0.15) is 0 Å². The second-order valence-electron chi connectivity index (χ2n) is 7.16. The van der Waals surface area contributed by atoms with Gasteiger partial charge in [-0.25, -0.2) is 0 Å². The van der Waals surface area contributed by atoms with E-state index in [1.54, 1.807) is 14.2 Å². The van der Waals surface area contributed by atoms with Crippen molar-refractivity contribution in [3.05, 3.63) is 58.7 Å². The molecule has 2 atom stereocenters. The lowest BCUT2D eigenvalue weighted by Gasteiger charge is -2.48. The number of amides is 1. The van der Waals surface area contributed by atoms with Crippen LogP contribution in [0.3, 0.4) is 0 Å². The molecular weight excluding hydrogens is 328 g/mol. The van der Waals surface area contributed by atoms with E-state index < -0.39 is 0 Å². The Hall–Kier alpha value is -2.53. The first-order chi connectivity index (χ1) is 12.7. The largest absolute Gasteiger partial charge is 0.493 e. The third kappa shape index (κ3) is 2.04. The van der Waals surface area contributed by atoms with Crippen molar-refractivity contribution in [2.24, 2.45) is 0 Å². The quantitative estimate of drug-likeness (QED) is 0.834. The number of nitrogens with zero attached hydrogens (tertiary/aromatic N) is 2. The highest BCUT2D eigenvalue weighted by Gasteiger charge is 2.47. The fraction of sp³-hybridized carbons (Fsp3) is 0.381. The molecule has 134 valence electrons. The molecule has 3 aliphatic heterocycles. The third-order valence-electron chi connectivity index (χ3n) is 6.03. The monoisotopic (exact) mass is 350 g/mol. The van der Waals surface area contributed by atoms with Crippen molar-refractivity contribution in [1.29, 1.82) is 0 Å². The SMILES string of the molecule is COc1cc2c(cc1OC)[C@@H]1CCN3C(=O)c4ccccc4[C@@H]3N1CC2. The number of carbonyl (C=O) groups is 1. The van der Waals surface area contributed by atoms with Gasteiger partial charge in [0.05, 0.1) is 14.2 Å². The zero-order chi connectivity index (χ0) is 17.8. The molecule has 2 aromatic rings. The van der Waals surface area contributed by atoms with Gasteiger partial charge in [0, 0.05) is 30.3 Å². The molecule has 5 nitrogen and oxygen atoms in total. The van der Waals surface area contributed by atoms with Crippen molar-refractivity contribution in [3.8, 4) is 11.5 Å². The van der Waals surface area contributed by atoms with Gasteiger partial charge in [-0.1, -0.05) is 18.2 Å². The molecule has 0 unspecified atom stereocenters. The van der Waals surface area contributed by atoms with Crippen molar-refractivity contribution in [3.63, 3.8) is 0 Å². The third-order valence-corrected chi connectivity index (χ3v) is 6.03. The molecule has 1 amide bonds.